The lowest BCUT2D eigenvalue weighted by atomic mass is 10.2. The van der Waals surface area contributed by atoms with Crippen LogP contribution < -0.4 is 10.2 Å². The molecule has 1 aromatic heterocycles. The average Bonchev–Trinajstić information content (AvgIpc) is 2.74. The molecule has 10 heteroatoms. The van der Waals surface area contributed by atoms with Gasteiger partial charge in [-0.05, 0) is 0 Å². The summed E-state index contributed by atoms with van der Waals surface area (Å²) in [5, 5.41) is 21.4. The number of carboxylic acid groups (broad SMARTS) is 1. The summed E-state index contributed by atoms with van der Waals surface area (Å²) in [5.41, 5.74) is 0. The summed E-state index contributed by atoms with van der Waals surface area (Å²) in [4.78, 5) is 33.7. The minimum atomic E-state index is -1.04. The van der Waals surface area contributed by atoms with E-state index >= 15 is 0 Å². The number of nitrogens with one attached hydrogen (secondary N) is 1. The maximum atomic E-state index is 13.5. The summed E-state index contributed by atoms with van der Waals surface area (Å²) in [7, 11) is 1.54. The first-order valence-electron chi connectivity index (χ1n) is 7.53. The van der Waals surface area contributed by atoms with Crippen LogP contribution in [0.3, 0.4) is 0 Å². The van der Waals surface area contributed by atoms with Crippen LogP contribution in [0.25, 0.3) is 0 Å². The Kier molecular flexibility index (Phi) is 5.85. The minimum Gasteiger partial charge on any atom is -0.481 e. The predicted octanol–water partition coefficient (Wildman–Crippen LogP) is -0.468. The number of aromatic nitrogens is 2. The molecule has 1 amide bonds. The topological polar surface area (TPSA) is 119 Å². The van der Waals surface area contributed by atoms with Gasteiger partial charge in [-0.15, -0.1) is 0 Å². The molecule has 9 nitrogen and oxygen atoms in total. The first-order chi connectivity index (χ1) is 11.4. The van der Waals surface area contributed by atoms with E-state index in [1.54, 1.807) is 4.90 Å². The van der Waals surface area contributed by atoms with Gasteiger partial charge in [-0.1, -0.05) is 0 Å². The molecule has 0 bridgehead atoms. The summed E-state index contributed by atoms with van der Waals surface area (Å²) in [5.74, 6) is -1.65. The number of hydrogen-bond acceptors (Lipinski definition) is 7. The molecule has 1 aliphatic heterocycles. The van der Waals surface area contributed by atoms with E-state index in [0.717, 1.165) is 6.20 Å². The highest BCUT2D eigenvalue weighted by atomic mass is 19.1. The zero-order valence-corrected chi connectivity index (χ0v) is 13.3. The Morgan fingerprint density at radius 3 is 2.79 bits per heavy atom. The second kappa shape index (κ2) is 7.86. The van der Waals surface area contributed by atoms with E-state index in [0.29, 0.717) is 13.1 Å². The van der Waals surface area contributed by atoms with Crippen molar-refractivity contribution in [3.05, 3.63) is 12.0 Å². The molecule has 2 heterocycles. The van der Waals surface area contributed by atoms with Crippen molar-refractivity contribution in [2.75, 3.05) is 43.4 Å². The lowest BCUT2D eigenvalue weighted by molar-refractivity contribution is -0.141. The Morgan fingerprint density at radius 1 is 1.38 bits per heavy atom. The van der Waals surface area contributed by atoms with Gasteiger partial charge in [0.05, 0.1) is 18.7 Å². The van der Waals surface area contributed by atoms with Crippen LogP contribution in [-0.4, -0.2) is 76.3 Å². The predicted molar refractivity (Wildman–Crippen MR) is 83.2 cm³/mol. The number of aliphatic carboxylic acids is 1. The van der Waals surface area contributed by atoms with Crippen LogP contribution in [0.5, 0.6) is 0 Å². The van der Waals surface area contributed by atoms with Crippen LogP contribution in [0.1, 0.15) is 12.8 Å². The number of hydrogen-bond donors (Lipinski definition) is 3. The molecule has 3 N–H and O–H groups in total. The number of aliphatic hydroxyl groups is 1. The molecule has 0 aromatic carbocycles. The van der Waals surface area contributed by atoms with Gasteiger partial charge in [-0.2, -0.15) is 4.98 Å². The summed E-state index contributed by atoms with van der Waals surface area (Å²) in [6, 6.07) is 0. The van der Waals surface area contributed by atoms with Gasteiger partial charge in [0.15, 0.2) is 11.6 Å². The Hall–Kier alpha value is -2.49. The van der Waals surface area contributed by atoms with E-state index in [2.05, 4.69) is 15.3 Å². The van der Waals surface area contributed by atoms with Crippen LogP contribution in [-0.2, 0) is 9.59 Å². The number of carbonyl (C=O) groups is 2. The van der Waals surface area contributed by atoms with E-state index in [9.17, 15) is 19.1 Å². The molecule has 1 atom stereocenters. The van der Waals surface area contributed by atoms with Gasteiger partial charge in [0.2, 0.25) is 11.9 Å². The van der Waals surface area contributed by atoms with Crippen molar-refractivity contribution in [2.45, 2.75) is 18.9 Å². The molecule has 0 radical (unpaired) electrons. The Balaban J connectivity index is 2.06. The highest BCUT2D eigenvalue weighted by molar-refractivity contribution is 5.80. The number of aliphatic hydroxyl groups excluding tert-OH is 1. The number of β-amino-alcohol motifs (C(OH)–C–C–N with tert-alkyl or cyclic N) is 1. The van der Waals surface area contributed by atoms with Gasteiger partial charge < -0.3 is 25.3 Å². The third kappa shape index (κ3) is 4.51. The zero-order chi connectivity index (χ0) is 17.7. The normalized spacial score (nSPS) is 18.2. The van der Waals surface area contributed by atoms with Gasteiger partial charge in [0, 0.05) is 39.6 Å². The first-order valence-corrected chi connectivity index (χ1v) is 7.53. The summed E-state index contributed by atoms with van der Waals surface area (Å²) >= 11 is 0. The molecule has 24 heavy (non-hydrogen) atoms. The fraction of sp³-hybridized carbons (Fsp3) is 0.571. The van der Waals surface area contributed by atoms with Crippen LogP contribution in [0.15, 0.2) is 6.20 Å². The lowest BCUT2D eigenvalue weighted by Crippen LogP contribution is -2.37. The number of halogens is 1. The van der Waals surface area contributed by atoms with Crippen LogP contribution in [0.4, 0.5) is 16.2 Å². The third-order valence-electron chi connectivity index (χ3n) is 3.66. The first kappa shape index (κ1) is 17.9. The number of carboxylic acids is 1. The summed E-state index contributed by atoms with van der Waals surface area (Å²) < 4.78 is 13.5. The molecular weight excluding hydrogens is 321 g/mol. The molecule has 1 aliphatic rings. The van der Waals surface area contributed by atoms with Crippen molar-refractivity contribution in [2.24, 2.45) is 0 Å². The Morgan fingerprint density at radius 2 is 2.12 bits per heavy atom. The van der Waals surface area contributed by atoms with Crippen molar-refractivity contribution >= 4 is 23.6 Å². The molecule has 1 aromatic rings. The second-order valence-electron chi connectivity index (χ2n) is 5.45. The van der Waals surface area contributed by atoms with Crippen molar-refractivity contribution < 1.29 is 24.2 Å². The average molecular weight is 341 g/mol. The molecule has 0 aliphatic carbocycles. The second-order valence-corrected chi connectivity index (χ2v) is 5.45. The van der Waals surface area contributed by atoms with E-state index in [4.69, 9.17) is 5.11 Å². The molecule has 2 rings (SSSR count). The van der Waals surface area contributed by atoms with Crippen molar-refractivity contribution in [3.8, 4) is 0 Å². The van der Waals surface area contributed by atoms with Gasteiger partial charge in [0.1, 0.15) is 0 Å². The maximum absolute atomic E-state index is 13.5. The smallest absolute Gasteiger partial charge is 0.303 e. The molecule has 1 saturated heterocycles. The summed E-state index contributed by atoms with van der Waals surface area (Å²) in [6.45, 7) is 0.947. The SMILES string of the molecule is CNc1nc(N2CCN(C(=O)CCC(=O)O)C[C@@H](O)C2)ncc1F. The lowest BCUT2D eigenvalue weighted by Gasteiger charge is -2.22. The van der Waals surface area contributed by atoms with Gasteiger partial charge in [-0.25, -0.2) is 9.37 Å². The van der Waals surface area contributed by atoms with Gasteiger partial charge in [0.25, 0.3) is 0 Å². The van der Waals surface area contributed by atoms with Crippen LogP contribution in [0, 0.1) is 5.82 Å². The van der Waals surface area contributed by atoms with Gasteiger partial charge in [-0.3, -0.25) is 9.59 Å². The monoisotopic (exact) mass is 341 g/mol. The highest BCUT2D eigenvalue weighted by Gasteiger charge is 2.26. The van der Waals surface area contributed by atoms with Crippen LogP contribution >= 0.6 is 0 Å². The number of rotatable bonds is 5. The molecule has 0 unspecified atom stereocenters. The molecule has 1 fully saturated rings. The Bertz CT molecular complexity index is 615. The fourth-order valence-electron chi connectivity index (χ4n) is 2.46. The number of carbonyl (C=O) groups excluding carboxylic acids is 1. The number of nitrogens with zero attached hydrogens (tertiary/aromatic N) is 4. The Labute approximate surface area is 138 Å². The molecule has 0 spiro atoms. The highest BCUT2D eigenvalue weighted by Crippen LogP contribution is 2.17. The number of anilines is 2. The molecule has 132 valence electrons. The van der Waals surface area contributed by atoms with E-state index in [1.807, 2.05) is 0 Å². The maximum Gasteiger partial charge on any atom is 0.303 e. The fourth-order valence-corrected chi connectivity index (χ4v) is 2.46. The standard InChI is InChI=1S/C14H20FN5O4/c1-16-13-10(15)6-17-14(18-13)20-5-4-19(7-9(21)8-20)11(22)2-3-12(23)24/h6,9,21H,2-5,7-8H2,1H3,(H,23,24)(H,16,17,18)/t9-/m1/s1. The van der Waals surface area contributed by atoms with E-state index in [-0.39, 0.29) is 43.6 Å². The third-order valence-corrected chi connectivity index (χ3v) is 3.66. The summed E-state index contributed by atoms with van der Waals surface area (Å²) in [6.07, 6.45) is -0.157. The number of amides is 1. The van der Waals surface area contributed by atoms with Crippen LogP contribution in [0.2, 0.25) is 0 Å². The van der Waals surface area contributed by atoms with Crippen molar-refractivity contribution in [1.29, 1.82) is 0 Å². The largest absolute Gasteiger partial charge is 0.481 e. The molecular formula is C14H20FN5O4. The quantitative estimate of drug-likeness (QED) is 0.658. The van der Waals surface area contributed by atoms with Crippen molar-refractivity contribution in [1.82, 2.24) is 14.9 Å². The van der Waals surface area contributed by atoms with E-state index in [1.165, 1.54) is 11.9 Å². The van der Waals surface area contributed by atoms with E-state index < -0.39 is 17.9 Å². The zero-order valence-electron chi connectivity index (χ0n) is 13.3. The van der Waals surface area contributed by atoms with Gasteiger partial charge >= 0.3 is 5.97 Å². The molecule has 0 saturated carbocycles. The van der Waals surface area contributed by atoms with Crippen molar-refractivity contribution in [3.63, 3.8) is 0 Å². The minimum absolute atomic E-state index is 0.0492.